The van der Waals surface area contributed by atoms with Crippen molar-refractivity contribution in [1.82, 2.24) is 19.9 Å². The summed E-state index contributed by atoms with van der Waals surface area (Å²) in [5.41, 5.74) is 4.52. The molecule has 1 amide bonds. The average Bonchev–Trinajstić information content (AvgIpc) is 3.27. The van der Waals surface area contributed by atoms with E-state index in [1.54, 1.807) is 0 Å². The van der Waals surface area contributed by atoms with E-state index in [9.17, 15) is 4.79 Å². The summed E-state index contributed by atoms with van der Waals surface area (Å²) in [5, 5.41) is 4.11. The summed E-state index contributed by atoms with van der Waals surface area (Å²) < 4.78 is 5.45. The molecule has 0 radical (unpaired) electrons. The number of nitrogens with zero attached hydrogens (tertiary/aromatic N) is 5. The van der Waals surface area contributed by atoms with E-state index in [0.29, 0.717) is 24.7 Å². The monoisotopic (exact) mass is 433 g/mol. The maximum Gasteiger partial charge on any atom is 0.241 e. The van der Waals surface area contributed by atoms with Gasteiger partial charge in [0.05, 0.1) is 6.54 Å². The van der Waals surface area contributed by atoms with E-state index in [0.717, 1.165) is 43.9 Å². The van der Waals surface area contributed by atoms with Gasteiger partial charge in [-0.15, -0.1) is 0 Å². The smallest absolute Gasteiger partial charge is 0.241 e. The SMILES string of the molecule is Cc1ccc(-c2noc(CN3CCN(C(=O)CCc4cccc(N(C)C)c4)CC3)n2)cc1. The Morgan fingerprint density at radius 2 is 1.81 bits per heavy atom. The van der Waals surface area contributed by atoms with Crippen LogP contribution in [0.3, 0.4) is 0 Å². The Balaban J connectivity index is 1.24. The number of hydrogen-bond donors (Lipinski definition) is 0. The molecule has 0 unspecified atom stereocenters. The molecule has 3 aromatic rings. The molecule has 2 heterocycles. The fourth-order valence-corrected chi connectivity index (χ4v) is 3.89. The van der Waals surface area contributed by atoms with E-state index < -0.39 is 0 Å². The van der Waals surface area contributed by atoms with Gasteiger partial charge in [0.1, 0.15) is 0 Å². The number of benzene rings is 2. The first-order chi connectivity index (χ1) is 15.5. The lowest BCUT2D eigenvalue weighted by molar-refractivity contribution is -0.133. The largest absolute Gasteiger partial charge is 0.378 e. The molecular formula is C25H31N5O2. The van der Waals surface area contributed by atoms with Crippen LogP contribution in [0.5, 0.6) is 0 Å². The van der Waals surface area contributed by atoms with Crippen LogP contribution in [-0.4, -0.2) is 66.1 Å². The highest BCUT2D eigenvalue weighted by atomic mass is 16.5. The second kappa shape index (κ2) is 9.96. The number of carbonyl (C=O) groups is 1. The fraction of sp³-hybridized carbons (Fsp3) is 0.400. The van der Waals surface area contributed by atoms with E-state index in [4.69, 9.17) is 4.52 Å². The maximum atomic E-state index is 12.7. The van der Waals surface area contributed by atoms with Crippen LogP contribution in [0.15, 0.2) is 53.1 Å². The van der Waals surface area contributed by atoms with Gasteiger partial charge in [-0.05, 0) is 31.0 Å². The molecule has 7 nitrogen and oxygen atoms in total. The first-order valence-electron chi connectivity index (χ1n) is 11.1. The number of piperazine rings is 1. The quantitative estimate of drug-likeness (QED) is 0.569. The van der Waals surface area contributed by atoms with Crippen molar-refractivity contribution >= 4 is 11.6 Å². The summed E-state index contributed by atoms with van der Waals surface area (Å²) >= 11 is 0. The molecule has 32 heavy (non-hydrogen) atoms. The molecule has 0 aliphatic carbocycles. The molecular weight excluding hydrogens is 402 g/mol. The molecule has 0 atom stereocenters. The second-order valence-corrected chi connectivity index (χ2v) is 8.60. The lowest BCUT2D eigenvalue weighted by Gasteiger charge is -2.34. The van der Waals surface area contributed by atoms with Crippen molar-refractivity contribution in [3.05, 3.63) is 65.5 Å². The van der Waals surface area contributed by atoms with Gasteiger partial charge in [0.15, 0.2) is 0 Å². The third-order valence-corrected chi connectivity index (χ3v) is 5.92. The summed E-state index contributed by atoms with van der Waals surface area (Å²) in [6.07, 6.45) is 1.31. The summed E-state index contributed by atoms with van der Waals surface area (Å²) in [6, 6.07) is 16.5. The van der Waals surface area contributed by atoms with E-state index in [2.05, 4.69) is 51.1 Å². The van der Waals surface area contributed by atoms with E-state index in [1.807, 2.05) is 43.3 Å². The Morgan fingerprint density at radius 3 is 2.53 bits per heavy atom. The van der Waals surface area contributed by atoms with E-state index in [1.165, 1.54) is 11.1 Å². The third kappa shape index (κ3) is 5.53. The summed E-state index contributed by atoms with van der Waals surface area (Å²) in [6.45, 7) is 5.75. The van der Waals surface area contributed by atoms with E-state index >= 15 is 0 Å². The van der Waals surface area contributed by atoms with Gasteiger partial charge < -0.3 is 14.3 Å². The molecule has 1 fully saturated rings. The van der Waals surface area contributed by atoms with Crippen LogP contribution >= 0.6 is 0 Å². The Labute approximate surface area is 189 Å². The predicted octanol–water partition coefficient (Wildman–Crippen LogP) is 3.39. The number of amides is 1. The number of anilines is 1. The number of carbonyl (C=O) groups excluding carboxylic acids is 1. The maximum absolute atomic E-state index is 12.7. The van der Waals surface area contributed by atoms with Crippen molar-refractivity contribution in [3.8, 4) is 11.4 Å². The fourth-order valence-electron chi connectivity index (χ4n) is 3.89. The molecule has 0 bridgehead atoms. The minimum Gasteiger partial charge on any atom is -0.378 e. The van der Waals surface area contributed by atoms with Crippen molar-refractivity contribution in [3.63, 3.8) is 0 Å². The van der Waals surface area contributed by atoms with Crippen LogP contribution in [0, 0.1) is 6.92 Å². The van der Waals surface area contributed by atoms with Crippen LogP contribution in [0.2, 0.25) is 0 Å². The van der Waals surface area contributed by atoms with Crippen molar-refractivity contribution in [1.29, 1.82) is 0 Å². The molecule has 4 rings (SSSR count). The van der Waals surface area contributed by atoms with Gasteiger partial charge in [0.2, 0.25) is 17.6 Å². The van der Waals surface area contributed by atoms with Gasteiger partial charge in [0.25, 0.3) is 0 Å². The van der Waals surface area contributed by atoms with Gasteiger partial charge in [-0.1, -0.05) is 47.1 Å². The molecule has 2 aromatic carbocycles. The topological polar surface area (TPSA) is 65.7 Å². The molecule has 1 aliphatic rings. The van der Waals surface area contributed by atoms with Gasteiger partial charge in [0, 0.05) is 57.9 Å². The molecule has 7 heteroatoms. The number of aryl methyl sites for hydroxylation is 2. The van der Waals surface area contributed by atoms with Crippen molar-refractivity contribution in [2.45, 2.75) is 26.3 Å². The molecule has 168 valence electrons. The Morgan fingerprint density at radius 1 is 1.06 bits per heavy atom. The van der Waals surface area contributed by atoms with Gasteiger partial charge in [-0.2, -0.15) is 4.98 Å². The van der Waals surface area contributed by atoms with Crippen molar-refractivity contribution < 1.29 is 9.32 Å². The van der Waals surface area contributed by atoms with Crippen molar-refractivity contribution in [2.24, 2.45) is 0 Å². The highest BCUT2D eigenvalue weighted by Crippen LogP contribution is 2.18. The number of hydrogen-bond acceptors (Lipinski definition) is 6. The summed E-state index contributed by atoms with van der Waals surface area (Å²) in [7, 11) is 4.06. The summed E-state index contributed by atoms with van der Waals surface area (Å²) in [4.78, 5) is 23.5. The van der Waals surface area contributed by atoms with Gasteiger partial charge in [-0.25, -0.2) is 0 Å². The van der Waals surface area contributed by atoms with E-state index in [-0.39, 0.29) is 5.91 Å². The lowest BCUT2D eigenvalue weighted by Crippen LogP contribution is -2.48. The Hall–Kier alpha value is -3.19. The zero-order valence-electron chi connectivity index (χ0n) is 19.1. The minimum atomic E-state index is 0.222. The minimum absolute atomic E-state index is 0.222. The number of aromatic nitrogens is 2. The summed E-state index contributed by atoms with van der Waals surface area (Å²) in [5.74, 6) is 1.45. The lowest BCUT2D eigenvalue weighted by atomic mass is 10.1. The molecule has 0 saturated carbocycles. The second-order valence-electron chi connectivity index (χ2n) is 8.60. The van der Waals surface area contributed by atoms with Crippen LogP contribution in [-0.2, 0) is 17.8 Å². The van der Waals surface area contributed by atoms with Crippen LogP contribution in [0.25, 0.3) is 11.4 Å². The zero-order valence-corrected chi connectivity index (χ0v) is 19.1. The zero-order chi connectivity index (χ0) is 22.5. The molecule has 1 saturated heterocycles. The normalized spacial score (nSPS) is 14.5. The highest BCUT2D eigenvalue weighted by Gasteiger charge is 2.22. The van der Waals surface area contributed by atoms with Gasteiger partial charge in [-0.3, -0.25) is 9.69 Å². The van der Waals surface area contributed by atoms with Crippen LogP contribution < -0.4 is 4.90 Å². The highest BCUT2D eigenvalue weighted by molar-refractivity contribution is 5.76. The Bertz CT molecular complexity index is 1040. The number of rotatable bonds is 7. The predicted molar refractivity (Wildman–Crippen MR) is 125 cm³/mol. The standard InChI is InChI=1S/C25H31N5O2/c1-19-7-10-21(11-8-19)25-26-23(32-27-25)18-29-13-15-30(16-14-29)24(31)12-9-20-5-4-6-22(17-20)28(2)3/h4-8,10-11,17H,9,12-16,18H2,1-3H3. The molecule has 1 aromatic heterocycles. The van der Waals surface area contributed by atoms with Crippen LogP contribution in [0.4, 0.5) is 5.69 Å². The third-order valence-electron chi connectivity index (χ3n) is 5.92. The average molecular weight is 434 g/mol. The van der Waals surface area contributed by atoms with Crippen molar-refractivity contribution in [2.75, 3.05) is 45.2 Å². The first-order valence-corrected chi connectivity index (χ1v) is 11.1. The molecule has 0 spiro atoms. The van der Waals surface area contributed by atoms with Gasteiger partial charge >= 0.3 is 0 Å². The Kier molecular flexibility index (Phi) is 6.85. The molecule has 1 aliphatic heterocycles. The molecule has 0 N–H and O–H groups in total. The van der Waals surface area contributed by atoms with Crippen LogP contribution in [0.1, 0.15) is 23.4 Å². The first kappa shape index (κ1) is 22.0.